The third-order valence-corrected chi connectivity index (χ3v) is 5.57. The van der Waals surface area contributed by atoms with E-state index in [1.165, 1.54) is 44.6 Å². The fraction of sp³-hybridized carbons (Fsp3) is 0.733. The third-order valence-electron chi connectivity index (χ3n) is 4.84. The van der Waals surface area contributed by atoms with Crippen LogP contribution >= 0.6 is 11.3 Å². The van der Waals surface area contributed by atoms with Crippen LogP contribution < -0.4 is 5.32 Å². The van der Waals surface area contributed by atoms with Crippen LogP contribution in [0.1, 0.15) is 18.4 Å². The van der Waals surface area contributed by atoms with Gasteiger partial charge in [-0.1, -0.05) is 0 Å². The number of rotatable bonds is 4. The van der Waals surface area contributed by atoms with E-state index >= 15 is 0 Å². The van der Waals surface area contributed by atoms with Crippen molar-refractivity contribution in [2.24, 2.45) is 11.3 Å². The number of nitrogens with one attached hydrogen (secondary N) is 1. The minimum Gasteiger partial charge on any atom is -0.384 e. The average Bonchev–Trinajstić information content (AvgIpc) is 3.02. The van der Waals surface area contributed by atoms with Gasteiger partial charge in [0.2, 0.25) is 0 Å². The molecule has 0 bridgehead atoms. The highest BCUT2D eigenvalue weighted by Crippen LogP contribution is 2.43. The van der Waals surface area contributed by atoms with Crippen molar-refractivity contribution in [3.8, 4) is 0 Å². The lowest BCUT2D eigenvalue weighted by molar-refractivity contribution is 0.0716. The lowest BCUT2D eigenvalue weighted by Crippen LogP contribution is -2.43. The maximum atomic E-state index is 5.49. The number of likely N-dealkylation sites (tertiary alicyclic amines) is 1. The zero-order valence-corrected chi connectivity index (χ0v) is 12.5. The van der Waals surface area contributed by atoms with Gasteiger partial charge in [0.25, 0.3) is 0 Å². The van der Waals surface area contributed by atoms with Crippen LogP contribution in [-0.4, -0.2) is 44.8 Å². The van der Waals surface area contributed by atoms with Crippen LogP contribution in [0.25, 0.3) is 0 Å². The lowest BCUT2D eigenvalue weighted by Gasteiger charge is -2.38. The van der Waals surface area contributed by atoms with Crippen molar-refractivity contribution < 1.29 is 4.74 Å². The summed E-state index contributed by atoms with van der Waals surface area (Å²) >= 11 is 1.80. The van der Waals surface area contributed by atoms with Gasteiger partial charge >= 0.3 is 0 Å². The minimum atomic E-state index is 0.497. The minimum absolute atomic E-state index is 0.497. The summed E-state index contributed by atoms with van der Waals surface area (Å²) < 4.78 is 5.49. The Labute approximate surface area is 119 Å². The second-order valence-electron chi connectivity index (χ2n) is 6.07. The molecule has 1 spiro atoms. The Kier molecular flexibility index (Phi) is 4.22. The number of thiophene rings is 1. The van der Waals surface area contributed by atoms with Gasteiger partial charge in [-0.25, -0.2) is 0 Å². The highest BCUT2D eigenvalue weighted by molar-refractivity contribution is 7.07. The van der Waals surface area contributed by atoms with E-state index < -0.39 is 0 Å². The fourth-order valence-corrected chi connectivity index (χ4v) is 4.49. The topological polar surface area (TPSA) is 24.5 Å². The molecule has 0 aromatic carbocycles. The third kappa shape index (κ3) is 2.87. The number of piperidine rings is 1. The predicted molar refractivity (Wildman–Crippen MR) is 79.5 cm³/mol. The Morgan fingerprint density at radius 2 is 2.32 bits per heavy atom. The first-order chi connectivity index (χ1) is 9.32. The van der Waals surface area contributed by atoms with Gasteiger partial charge in [0.1, 0.15) is 0 Å². The maximum Gasteiger partial charge on any atom is 0.0508 e. The van der Waals surface area contributed by atoms with Gasteiger partial charge in [0, 0.05) is 32.7 Å². The Morgan fingerprint density at radius 3 is 3.00 bits per heavy atom. The summed E-state index contributed by atoms with van der Waals surface area (Å²) in [6.07, 6.45) is 2.61. The Bertz CT molecular complexity index is 387. The molecule has 1 N–H and O–H groups in total. The van der Waals surface area contributed by atoms with Crippen molar-refractivity contribution in [3.63, 3.8) is 0 Å². The number of ether oxygens (including phenoxy) is 1. The summed E-state index contributed by atoms with van der Waals surface area (Å²) in [6.45, 7) is 6.82. The molecule has 3 heterocycles. The maximum absolute atomic E-state index is 5.49. The molecule has 3 rings (SSSR count). The monoisotopic (exact) mass is 280 g/mol. The molecular formula is C15H24N2OS. The highest BCUT2D eigenvalue weighted by Gasteiger charge is 2.46. The molecule has 0 radical (unpaired) electrons. The van der Waals surface area contributed by atoms with Gasteiger partial charge < -0.3 is 10.1 Å². The average molecular weight is 280 g/mol. The van der Waals surface area contributed by atoms with E-state index in [9.17, 15) is 0 Å². The first-order valence-electron chi connectivity index (χ1n) is 7.25. The highest BCUT2D eigenvalue weighted by atomic mass is 32.1. The Morgan fingerprint density at radius 1 is 1.47 bits per heavy atom. The smallest absolute Gasteiger partial charge is 0.0508 e. The number of hydrogen-bond acceptors (Lipinski definition) is 4. The van der Waals surface area contributed by atoms with Gasteiger partial charge in [0.05, 0.1) is 6.61 Å². The molecule has 1 aromatic rings. The summed E-state index contributed by atoms with van der Waals surface area (Å²) in [5, 5.41) is 7.96. The molecule has 1 aromatic heterocycles. The van der Waals surface area contributed by atoms with Gasteiger partial charge in [-0.2, -0.15) is 11.3 Å². The number of nitrogens with zero attached hydrogens (tertiary/aromatic N) is 1. The molecule has 2 aliphatic rings. The van der Waals surface area contributed by atoms with Gasteiger partial charge in [-0.3, -0.25) is 4.90 Å². The van der Waals surface area contributed by atoms with E-state index in [1.54, 1.807) is 11.3 Å². The molecule has 0 amide bonds. The Balaban J connectivity index is 1.69. The van der Waals surface area contributed by atoms with Crippen molar-refractivity contribution in [2.45, 2.75) is 19.4 Å². The first kappa shape index (κ1) is 13.6. The molecule has 2 aliphatic heterocycles. The van der Waals surface area contributed by atoms with Crippen LogP contribution in [0.3, 0.4) is 0 Å². The Hall–Kier alpha value is -0.420. The van der Waals surface area contributed by atoms with Gasteiger partial charge in [-0.15, -0.1) is 0 Å². The van der Waals surface area contributed by atoms with Crippen LogP contribution in [0.15, 0.2) is 16.8 Å². The summed E-state index contributed by atoms with van der Waals surface area (Å²) in [7, 11) is 1.84. The molecule has 3 nitrogen and oxygen atoms in total. The zero-order chi connectivity index (χ0) is 13.1. The molecule has 19 heavy (non-hydrogen) atoms. The van der Waals surface area contributed by atoms with Gasteiger partial charge in [-0.05, 0) is 53.7 Å². The summed E-state index contributed by atoms with van der Waals surface area (Å²) in [4.78, 5) is 2.64. The first-order valence-corrected chi connectivity index (χ1v) is 8.20. The normalized spacial score (nSPS) is 27.1. The molecule has 4 heteroatoms. The van der Waals surface area contributed by atoms with Crippen LogP contribution in [-0.2, 0) is 11.3 Å². The second kappa shape index (κ2) is 5.92. The van der Waals surface area contributed by atoms with Crippen LogP contribution in [0.4, 0.5) is 0 Å². The van der Waals surface area contributed by atoms with E-state index in [0.29, 0.717) is 11.3 Å². The van der Waals surface area contributed by atoms with Crippen molar-refractivity contribution in [1.29, 1.82) is 0 Å². The van der Waals surface area contributed by atoms with E-state index in [0.717, 1.165) is 13.2 Å². The largest absolute Gasteiger partial charge is 0.384 e. The molecule has 0 saturated carbocycles. The van der Waals surface area contributed by atoms with Crippen molar-refractivity contribution in [1.82, 2.24) is 10.2 Å². The quantitative estimate of drug-likeness (QED) is 0.915. The number of methoxy groups -OCH3 is 1. The van der Waals surface area contributed by atoms with E-state index in [1.807, 2.05) is 7.11 Å². The van der Waals surface area contributed by atoms with E-state index in [-0.39, 0.29) is 0 Å². The molecule has 0 aliphatic carbocycles. The molecule has 1 unspecified atom stereocenters. The lowest BCUT2D eigenvalue weighted by atomic mass is 9.71. The van der Waals surface area contributed by atoms with E-state index in [4.69, 9.17) is 4.74 Å². The second-order valence-corrected chi connectivity index (χ2v) is 6.85. The van der Waals surface area contributed by atoms with Crippen molar-refractivity contribution >= 4 is 11.3 Å². The van der Waals surface area contributed by atoms with Crippen LogP contribution in [0, 0.1) is 11.3 Å². The van der Waals surface area contributed by atoms with Crippen LogP contribution in [0.2, 0.25) is 0 Å². The van der Waals surface area contributed by atoms with Crippen molar-refractivity contribution in [3.05, 3.63) is 22.4 Å². The predicted octanol–water partition coefficient (Wildman–Crippen LogP) is 2.20. The van der Waals surface area contributed by atoms with Gasteiger partial charge in [0.15, 0.2) is 0 Å². The van der Waals surface area contributed by atoms with E-state index in [2.05, 4.69) is 27.0 Å². The standard InChI is InChI=1S/C15H24N2OS/c1-18-10-14-9-17(8-13-2-7-19-11-13)12-15(14)3-5-16-6-4-15/h2,7,11,14,16H,3-6,8-10,12H2,1H3. The zero-order valence-electron chi connectivity index (χ0n) is 11.7. The molecule has 2 fully saturated rings. The molecule has 1 atom stereocenters. The van der Waals surface area contributed by atoms with Crippen LogP contribution in [0.5, 0.6) is 0 Å². The molecule has 2 saturated heterocycles. The fourth-order valence-electron chi connectivity index (χ4n) is 3.83. The molecular weight excluding hydrogens is 256 g/mol. The summed E-state index contributed by atoms with van der Waals surface area (Å²) in [5.74, 6) is 0.707. The summed E-state index contributed by atoms with van der Waals surface area (Å²) in [6, 6.07) is 2.25. The van der Waals surface area contributed by atoms with Crippen molar-refractivity contribution in [2.75, 3.05) is 39.9 Å². The number of hydrogen-bond donors (Lipinski definition) is 1. The summed E-state index contributed by atoms with van der Waals surface area (Å²) in [5.41, 5.74) is 1.96. The molecule has 106 valence electrons. The SMILES string of the molecule is COCC1CN(Cc2ccsc2)CC12CCNCC2.